The third-order valence-electron chi connectivity index (χ3n) is 2.51. The molecule has 0 radical (unpaired) electrons. The van der Waals surface area contributed by atoms with Gasteiger partial charge in [0.1, 0.15) is 5.82 Å². The van der Waals surface area contributed by atoms with Crippen LogP contribution in [-0.2, 0) is 6.42 Å². The molecule has 0 spiro atoms. The Bertz CT molecular complexity index is 580. The number of rotatable bonds is 3. The molecule has 2 N–H and O–H groups in total. The first-order valence-electron chi connectivity index (χ1n) is 5.40. The van der Waals surface area contributed by atoms with Crippen molar-refractivity contribution in [1.29, 1.82) is 0 Å². The van der Waals surface area contributed by atoms with E-state index in [2.05, 4.69) is 47.4 Å². The minimum Gasteiger partial charge on any atom is -0.307 e. The Labute approximate surface area is 121 Å². The maximum Gasteiger partial charge on any atom is 0.257 e. The van der Waals surface area contributed by atoms with Gasteiger partial charge in [0.05, 0.1) is 11.8 Å². The van der Waals surface area contributed by atoms with E-state index >= 15 is 0 Å². The fraction of sp³-hybridized carbons (Fsp3) is 0.167. The Morgan fingerprint density at radius 1 is 1.44 bits per heavy atom. The van der Waals surface area contributed by atoms with Crippen LogP contribution in [0.2, 0.25) is 0 Å². The maximum absolute atomic E-state index is 12.1. The van der Waals surface area contributed by atoms with Gasteiger partial charge >= 0.3 is 0 Å². The molecule has 0 unspecified atom stereocenters. The van der Waals surface area contributed by atoms with Crippen molar-refractivity contribution in [1.82, 2.24) is 10.2 Å². The first kappa shape index (κ1) is 13.3. The summed E-state index contributed by atoms with van der Waals surface area (Å²) in [6.07, 6.45) is 2.53. The van der Waals surface area contributed by atoms with Crippen LogP contribution in [0.1, 0.15) is 22.8 Å². The lowest BCUT2D eigenvalue weighted by Crippen LogP contribution is -2.13. The van der Waals surface area contributed by atoms with Gasteiger partial charge in [0.2, 0.25) is 0 Å². The molecule has 4 nitrogen and oxygen atoms in total. The van der Waals surface area contributed by atoms with Gasteiger partial charge in [-0.15, -0.1) is 0 Å². The van der Waals surface area contributed by atoms with E-state index < -0.39 is 0 Å². The van der Waals surface area contributed by atoms with Gasteiger partial charge in [-0.3, -0.25) is 9.89 Å². The van der Waals surface area contributed by atoms with Crippen LogP contribution in [0.4, 0.5) is 5.82 Å². The molecule has 18 heavy (non-hydrogen) atoms. The number of carbonyl (C=O) groups is 1. The van der Waals surface area contributed by atoms with E-state index in [4.69, 9.17) is 0 Å². The number of H-pyrrole nitrogens is 1. The van der Waals surface area contributed by atoms with Crippen LogP contribution in [0.5, 0.6) is 0 Å². The molecule has 1 aromatic heterocycles. The third-order valence-corrected chi connectivity index (χ3v) is 3.66. The van der Waals surface area contributed by atoms with Crippen LogP contribution in [0.25, 0.3) is 0 Å². The number of benzene rings is 1. The quantitative estimate of drug-likeness (QED) is 0.861. The van der Waals surface area contributed by atoms with Crippen molar-refractivity contribution in [2.75, 3.05) is 5.32 Å². The molecule has 6 heteroatoms. The molecule has 1 heterocycles. The van der Waals surface area contributed by atoms with Crippen LogP contribution in [0.3, 0.4) is 0 Å². The summed E-state index contributed by atoms with van der Waals surface area (Å²) in [5, 5.41) is 9.51. The van der Waals surface area contributed by atoms with Gasteiger partial charge in [0.25, 0.3) is 5.91 Å². The van der Waals surface area contributed by atoms with E-state index in [1.54, 1.807) is 12.3 Å². The Morgan fingerprint density at radius 3 is 2.89 bits per heavy atom. The molecule has 2 rings (SSSR count). The standard InChI is InChI=1S/C12H11Br2N3O/c1-2-7-6-15-17-11(7)16-12(18)9-4-3-8(13)5-10(9)14/h3-6H,2H2,1H3,(H2,15,16,17,18). The Hall–Kier alpha value is -1.14. The highest BCUT2D eigenvalue weighted by molar-refractivity contribution is 9.11. The summed E-state index contributed by atoms with van der Waals surface area (Å²) in [7, 11) is 0. The van der Waals surface area contributed by atoms with Crippen molar-refractivity contribution in [3.05, 3.63) is 44.5 Å². The SMILES string of the molecule is CCc1cn[nH]c1NC(=O)c1ccc(Br)cc1Br. The summed E-state index contributed by atoms with van der Waals surface area (Å²) in [4.78, 5) is 12.1. The molecule has 0 atom stereocenters. The molecule has 0 bridgehead atoms. The molecule has 0 aliphatic heterocycles. The lowest BCUT2D eigenvalue weighted by Gasteiger charge is -2.06. The van der Waals surface area contributed by atoms with Crippen molar-refractivity contribution in [3.63, 3.8) is 0 Å². The summed E-state index contributed by atoms with van der Waals surface area (Å²) >= 11 is 6.72. The number of aromatic nitrogens is 2. The van der Waals surface area contributed by atoms with Crippen LogP contribution in [0.15, 0.2) is 33.3 Å². The summed E-state index contributed by atoms with van der Waals surface area (Å²) in [6, 6.07) is 5.42. The number of anilines is 1. The summed E-state index contributed by atoms with van der Waals surface area (Å²) < 4.78 is 1.66. The van der Waals surface area contributed by atoms with Crippen molar-refractivity contribution >= 4 is 43.6 Å². The monoisotopic (exact) mass is 371 g/mol. The van der Waals surface area contributed by atoms with Crippen molar-refractivity contribution in [2.24, 2.45) is 0 Å². The zero-order valence-corrected chi connectivity index (χ0v) is 12.8. The van der Waals surface area contributed by atoms with Gasteiger partial charge in [0, 0.05) is 14.5 Å². The smallest absolute Gasteiger partial charge is 0.257 e. The Morgan fingerprint density at radius 2 is 2.22 bits per heavy atom. The van der Waals surface area contributed by atoms with Crippen LogP contribution in [0, 0.1) is 0 Å². The fourth-order valence-electron chi connectivity index (χ4n) is 1.54. The number of amides is 1. The highest BCUT2D eigenvalue weighted by Crippen LogP contribution is 2.23. The van der Waals surface area contributed by atoms with E-state index in [1.165, 1.54) is 0 Å². The minimum atomic E-state index is -0.173. The first-order valence-corrected chi connectivity index (χ1v) is 6.99. The first-order chi connectivity index (χ1) is 8.61. The highest BCUT2D eigenvalue weighted by Gasteiger charge is 2.13. The van der Waals surface area contributed by atoms with E-state index in [0.29, 0.717) is 11.4 Å². The molecule has 0 fully saturated rings. The predicted octanol–water partition coefficient (Wildman–Crippen LogP) is 3.75. The molecular weight excluding hydrogens is 362 g/mol. The molecule has 2 aromatic rings. The van der Waals surface area contributed by atoms with E-state index in [0.717, 1.165) is 20.9 Å². The second-order valence-corrected chi connectivity index (χ2v) is 5.47. The van der Waals surface area contributed by atoms with Crippen molar-refractivity contribution < 1.29 is 4.79 Å². The third kappa shape index (κ3) is 2.81. The van der Waals surface area contributed by atoms with Gasteiger partial charge in [-0.25, -0.2) is 0 Å². The molecule has 94 valence electrons. The Balaban J connectivity index is 2.22. The zero-order valence-electron chi connectivity index (χ0n) is 9.63. The van der Waals surface area contributed by atoms with Gasteiger partial charge < -0.3 is 5.32 Å². The average Bonchev–Trinajstić information content (AvgIpc) is 2.76. The highest BCUT2D eigenvalue weighted by atomic mass is 79.9. The summed E-state index contributed by atoms with van der Waals surface area (Å²) in [5.74, 6) is 0.477. The number of nitrogens with one attached hydrogen (secondary N) is 2. The lowest BCUT2D eigenvalue weighted by atomic mass is 10.2. The van der Waals surface area contributed by atoms with E-state index in [1.807, 2.05) is 19.1 Å². The average molecular weight is 373 g/mol. The van der Waals surface area contributed by atoms with Crippen LogP contribution < -0.4 is 5.32 Å². The number of nitrogens with zero attached hydrogens (tertiary/aromatic N) is 1. The number of hydrogen-bond donors (Lipinski definition) is 2. The van der Waals surface area contributed by atoms with E-state index in [9.17, 15) is 4.79 Å². The Kier molecular flexibility index (Phi) is 4.19. The predicted molar refractivity (Wildman–Crippen MR) is 77.8 cm³/mol. The van der Waals surface area contributed by atoms with Gasteiger partial charge in [-0.05, 0) is 40.5 Å². The second kappa shape index (κ2) is 5.67. The second-order valence-electron chi connectivity index (χ2n) is 3.70. The topological polar surface area (TPSA) is 57.8 Å². The lowest BCUT2D eigenvalue weighted by molar-refractivity contribution is 0.102. The maximum atomic E-state index is 12.1. The molecule has 1 amide bonds. The van der Waals surface area contributed by atoms with Gasteiger partial charge in [-0.2, -0.15) is 5.10 Å². The zero-order chi connectivity index (χ0) is 13.1. The van der Waals surface area contributed by atoms with Crippen LogP contribution >= 0.6 is 31.9 Å². The van der Waals surface area contributed by atoms with Gasteiger partial charge in [-0.1, -0.05) is 22.9 Å². The fourth-order valence-corrected chi connectivity index (χ4v) is 2.77. The molecule has 0 aliphatic carbocycles. The molecule has 0 saturated carbocycles. The number of aromatic amines is 1. The van der Waals surface area contributed by atoms with E-state index in [-0.39, 0.29) is 5.91 Å². The molecule has 0 aliphatic rings. The van der Waals surface area contributed by atoms with Crippen molar-refractivity contribution in [3.8, 4) is 0 Å². The van der Waals surface area contributed by atoms with Crippen molar-refractivity contribution in [2.45, 2.75) is 13.3 Å². The number of carbonyl (C=O) groups excluding carboxylic acids is 1. The largest absolute Gasteiger partial charge is 0.307 e. The number of aryl methyl sites for hydroxylation is 1. The number of halogens is 2. The normalized spacial score (nSPS) is 10.4. The summed E-state index contributed by atoms with van der Waals surface area (Å²) in [5.41, 5.74) is 1.56. The summed E-state index contributed by atoms with van der Waals surface area (Å²) in [6.45, 7) is 2.01. The molecular formula is C12H11Br2N3O. The molecule has 0 saturated heterocycles. The minimum absolute atomic E-state index is 0.173. The number of hydrogen-bond acceptors (Lipinski definition) is 2. The van der Waals surface area contributed by atoms with Crippen LogP contribution in [-0.4, -0.2) is 16.1 Å². The van der Waals surface area contributed by atoms with Gasteiger partial charge in [0.15, 0.2) is 0 Å². The molecule has 1 aromatic carbocycles.